The van der Waals surface area contributed by atoms with Crippen molar-refractivity contribution in [2.45, 2.75) is 32.0 Å². The highest BCUT2D eigenvalue weighted by molar-refractivity contribution is 6.04. The number of nitrogens with zero attached hydrogens (tertiary/aromatic N) is 4. The lowest BCUT2D eigenvalue weighted by Crippen LogP contribution is -2.64. The number of urea groups is 1. The van der Waals surface area contributed by atoms with Crippen LogP contribution in [0.4, 0.5) is 4.79 Å². The van der Waals surface area contributed by atoms with Gasteiger partial charge in [-0.1, -0.05) is 6.92 Å². The number of carbonyl (C=O) groups is 3. The molecule has 3 amide bonds. The van der Waals surface area contributed by atoms with Crippen molar-refractivity contribution in [3.63, 3.8) is 0 Å². The fourth-order valence-corrected chi connectivity index (χ4v) is 3.30. The first-order valence-corrected chi connectivity index (χ1v) is 7.77. The van der Waals surface area contributed by atoms with Crippen LogP contribution in [0.3, 0.4) is 0 Å². The van der Waals surface area contributed by atoms with Crippen molar-refractivity contribution in [2.24, 2.45) is 10.9 Å². The largest absolute Gasteiger partial charge is 0.480 e. The number of imide groups is 1. The summed E-state index contributed by atoms with van der Waals surface area (Å²) in [4.78, 5) is 44.6. The number of aliphatic imine (C=N–C) groups is 1. The molecule has 0 aromatic heterocycles. The number of nitrogens with one attached hydrogen (secondary N) is 1. The third-order valence-corrected chi connectivity index (χ3v) is 4.71. The molecule has 0 aromatic rings. The number of hydrogen-bond donors (Lipinski definition) is 2. The molecule has 0 radical (unpaired) electrons. The Bertz CT molecular complexity index is 570. The Hall–Kier alpha value is -2.32. The van der Waals surface area contributed by atoms with Crippen LogP contribution in [0.15, 0.2) is 4.99 Å². The van der Waals surface area contributed by atoms with Gasteiger partial charge in [-0.3, -0.25) is 14.9 Å². The van der Waals surface area contributed by atoms with Crippen LogP contribution in [0.2, 0.25) is 0 Å². The molecule has 0 aliphatic carbocycles. The summed E-state index contributed by atoms with van der Waals surface area (Å²) in [6.45, 7) is 3.41. The van der Waals surface area contributed by atoms with E-state index in [1.165, 1.54) is 9.80 Å². The van der Waals surface area contributed by atoms with Gasteiger partial charge in [0.05, 0.1) is 0 Å². The molecule has 9 heteroatoms. The fraction of sp³-hybridized carbons (Fsp3) is 0.714. The third kappa shape index (κ3) is 2.71. The van der Waals surface area contributed by atoms with E-state index in [9.17, 15) is 19.5 Å². The van der Waals surface area contributed by atoms with Gasteiger partial charge < -0.3 is 19.8 Å². The van der Waals surface area contributed by atoms with E-state index >= 15 is 0 Å². The second kappa shape index (κ2) is 5.71. The van der Waals surface area contributed by atoms with Crippen molar-refractivity contribution >= 4 is 23.9 Å². The van der Waals surface area contributed by atoms with E-state index in [4.69, 9.17) is 0 Å². The second-order valence-corrected chi connectivity index (χ2v) is 6.38. The lowest BCUT2D eigenvalue weighted by molar-refractivity contribution is -0.138. The zero-order valence-electron chi connectivity index (χ0n) is 13.2. The monoisotopic (exact) mass is 323 g/mol. The van der Waals surface area contributed by atoms with Gasteiger partial charge in [0.25, 0.3) is 5.91 Å². The van der Waals surface area contributed by atoms with Gasteiger partial charge in [-0.2, -0.15) is 0 Å². The Morgan fingerprint density at radius 2 is 2.00 bits per heavy atom. The van der Waals surface area contributed by atoms with Crippen LogP contribution in [-0.4, -0.2) is 82.6 Å². The molecule has 0 saturated carbocycles. The normalized spacial score (nSPS) is 28.6. The van der Waals surface area contributed by atoms with Crippen LogP contribution < -0.4 is 5.32 Å². The molecule has 2 unspecified atom stereocenters. The van der Waals surface area contributed by atoms with E-state index in [2.05, 4.69) is 17.2 Å². The molecule has 126 valence electrons. The smallest absolute Gasteiger partial charge is 0.325 e. The standard InChI is InChI=1S/C14H21N5O4/c1-8-3-5-18(6-4-8)13-15-11-10(19(13)7-9(20)21)12(22)16-14(23)17(11)2/h8,10-11H,3-7H2,1-2H3,(H,20,21)(H,16,22,23). The van der Waals surface area contributed by atoms with Crippen molar-refractivity contribution in [2.75, 3.05) is 26.7 Å². The van der Waals surface area contributed by atoms with Crippen molar-refractivity contribution in [1.82, 2.24) is 20.0 Å². The average Bonchev–Trinajstić information content (AvgIpc) is 2.85. The molecule has 2 N–H and O–H groups in total. The Labute approximate surface area is 133 Å². The number of likely N-dealkylation sites (tertiary alicyclic amines) is 1. The van der Waals surface area contributed by atoms with Crippen LogP contribution in [0.25, 0.3) is 0 Å². The number of guanidine groups is 1. The summed E-state index contributed by atoms with van der Waals surface area (Å²) >= 11 is 0. The maximum absolute atomic E-state index is 12.2. The summed E-state index contributed by atoms with van der Waals surface area (Å²) in [7, 11) is 1.56. The van der Waals surface area contributed by atoms with E-state index in [0.29, 0.717) is 11.9 Å². The summed E-state index contributed by atoms with van der Waals surface area (Å²) in [5, 5.41) is 11.5. The summed E-state index contributed by atoms with van der Waals surface area (Å²) in [5.41, 5.74) is 0. The molecule has 0 spiro atoms. The van der Waals surface area contributed by atoms with Gasteiger partial charge in [0, 0.05) is 20.1 Å². The number of rotatable bonds is 2. The zero-order chi connectivity index (χ0) is 16.7. The second-order valence-electron chi connectivity index (χ2n) is 6.38. The Morgan fingerprint density at radius 1 is 1.35 bits per heavy atom. The quantitative estimate of drug-likeness (QED) is 0.700. The van der Waals surface area contributed by atoms with Crippen molar-refractivity contribution < 1.29 is 19.5 Å². The number of carbonyl (C=O) groups excluding carboxylic acids is 2. The molecule has 3 rings (SSSR count). The van der Waals surface area contributed by atoms with Crippen molar-refractivity contribution in [3.05, 3.63) is 0 Å². The topological polar surface area (TPSA) is 106 Å². The number of amides is 3. The molecular weight excluding hydrogens is 302 g/mol. The lowest BCUT2D eigenvalue weighted by atomic mass is 9.99. The van der Waals surface area contributed by atoms with Crippen LogP contribution in [-0.2, 0) is 9.59 Å². The van der Waals surface area contributed by atoms with E-state index in [1.54, 1.807) is 7.05 Å². The molecule has 3 heterocycles. The summed E-state index contributed by atoms with van der Waals surface area (Å²) in [5.74, 6) is -0.401. The van der Waals surface area contributed by atoms with E-state index in [0.717, 1.165) is 25.9 Å². The highest BCUT2D eigenvalue weighted by Gasteiger charge is 2.50. The number of hydrogen-bond acceptors (Lipinski definition) is 6. The molecule has 0 aromatic carbocycles. The SMILES string of the molecule is CC1CCN(C2=NC3C(C(=O)NC(=O)N3C)N2CC(=O)O)CC1. The van der Waals surface area contributed by atoms with Gasteiger partial charge in [0.2, 0.25) is 0 Å². The predicted molar refractivity (Wildman–Crippen MR) is 80.6 cm³/mol. The highest BCUT2D eigenvalue weighted by atomic mass is 16.4. The van der Waals surface area contributed by atoms with Crippen LogP contribution >= 0.6 is 0 Å². The number of fused-ring (bicyclic) bond motifs is 1. The van der Waals surface area contributed by atoms with Gasteiger partial charge >= 0.3 is 12.0 Å². The molecule has 9 nitrogen and oxygen atoms in total. The fourth-order valence-electron chi connectivity index (χ4n) is 3.30. The Kier molecular flexibility index (Phi) is 3.87. The Balaban J connectivity index is 1.90. The Morgan fingerprint density at radius 3 is 2.61 bits per heavy atom. The maximum atomic E-state index is 12.2. The van der Waals surface area contributed by atoms with E-state index in [-0.39, 0.29) is 6.54 Å². The molecule has 0 bridgehead atoms. The molecule has 3 aliphatic rings. The first-order chi connectivity index (χ1) is 10.9. The molecule has 2 atom stereocenters. The molecule has 3 aliphatic heterocycles. The summed E-state index contributed by atoms with van der Waals surface area (Å²) in [6, 6.07) is -1.30. The van der Waals surface area contributed by atoms with Gasteiger partial charge in [-0.15, -0.1) is 0 Å². The maximum Gasteiger partial charge on any atom is 0.325 e. The minimum absolute atomic E-state index is 0.318. The predicted octanol–water partition coefficient (Wildman–Crippen LogP) is -0.649. The summed E-state index contributed by atoms with van der Waals surface area (Å²) in [6.07, 6.45) is 1.32. The van der Waals surface area contributed by atoms with Gasteiger partial charge in [-0.25, -0.2) is 9.79 Å². The number of piperidine rings is 1. The third-order valence-electron chi connectivity index (χ3n) is 4.71. The number of carboxylic acids is 1. The zero-order valence-corrected chi connectivity index (χ0v) is 13.2. The lowest BCUT2D eigenvalue weighted by Gasteiger charge is -2.38. The molecule has 2 fully saturated rings. The van der Waals surface area contributed by atoms with E-state index < -0.39 is 30.1 Å². The van der Waals surface area contributed by atoms with Gasteiger partial charge in [-0.05, 0) is 18.8 Å². The molecule has 23 heavy (non-hydrogen) atoms. The van der Waals surface area contributed by atoms with Crippen LogP contribution in [0, 0.1) is 5.92 Å². The number of aliphatic carboxylic acids is 1. The summed E-state index contributed by atoms with van der Waals surface area (Å²) < 4.78 is 0. The highest BCUT2D eigenvalue weighted by Crippen LogP contribution is 2.27. The van der Waals surface area contributed by atoms with Crippen molar-refractivity contribution in [3.8, 4) is 0 Å². The number of likely N-dealkylation sites (N-methyl/N-ethyl adjacent to an activating group) is 1. The average molecular weight is 323 g/mol. The van der Waals surface area contributed by atoms with Crippen molar-refractivity contribution in [1.29, 1.82) is 0 Å². The first kappa shape index (κ1) is 15.6. The van der Waals surface area contributed by atoms with E-state index in [1.807, 2.05) is 4.90 Å². The minimum Gasteiger partial charge on any atom is -0.480 e. The van der Waals surface area contributed by atoms with Crippen LogP contribution in [0.1, 0.15) is 19.8 Å². The number of carboxylic acid groups (broad SMARTS) is 1. The van der Waals surface area contributed by atoms with Crippen LogP contribution in [0.5, 0.6) is 0 Å². The minimum atomic E-state index is -1.03. The van der Waals surface area contributed by atoms with Gasteiger partial charge in [0.15, 0.2) is 18.2 Å². The van der Waals surface area contributed by atoms with Gasteiger partial charge in [0.1, 0.15) is 6.54 Å². The molecular formula is C14H21N5O4. The molecule has 2 saturated heterocycles. The first-order valence-electron chi connectivity index (χ1n) is 7.77.